The van der Waals surface area contributed by atoms with E-state index in [2.05, 4.69) is 6.92 Å². The van der Waals surface area contributed by atoms with E-state index >= 15 is 0 Å². The topological polar surface area (TPSA) is 26.0 Å². The number of benzene rings is 1. The molecule has 1 aromatic carbocycles. The van der Waals surface area contributed by atoms with Gasteiger partial charge < -0.3 is 5.73 Å². The van der Waals surface area contributed by atoms with E-state index in [1.54, 1.807) is 18.2 Å². The molecule has 2 rings (SSSR count). The molecule has 1 aromatic rings. The highest BCUT2D eigenvalue weighted by molar-refractivity contribution is 6.30. The quantitative estimate of drug-likeness (QED) is 0.857. The molecule has 0 saturated heterocycles. The Morgan fingerprint density at radius 3 is 3.00 bits per heavy atom. The van der Waals surface area contributed by atoms with Gasteiger partial charge in [0.1, 0.15) is 5.82 Å². The van der Waals surface area contributed by atoms with Gasteiger partial charge in [-0.1, -0.05) is 37.1 Å². The largest absolute Gasteiger partial charge is 0.325 e. The van der Waals surface area contributed by atoms with Crippen LogP contribution in [0.2, 0.25) is 5.02 Å². The van der Waals surface area contributed by atoms with Crippen LogP contribution in [0.4, 0.5) is 4.39 Å². The minimum absolute atomic E-state index is 0.189. The van der Waals surface area contributed by atoms with E-state index in [-0.39, 0.29) is 16.4 Å². The van der Waals surface area contributed by atoms with Gasteiger partial charge in [0.2, 0.25) is 0 Å². The van der Waals surface area contributed by atoms with Gasteiger partial charge in [0.05, 0.1) is 5.02 Å². The molecule has 2 N–H and O–H groups in total. The van der Waals surface area contributed by atoms with Crippen molar-refractivity contribution < 1.29 is 4.39 Å². The zero-order valence-corrected chi connectivity index (χ0v) is 10.2. The molecule has 0 radical (unpaired) electrons. The summed E-state index contributed by atoms with van der Waals surface area (Å²) < 4.78 is 13.7. The van der Waals surface area contributed by atoms with E-state index in [9.17, 15) is 4.39 Å². The summed E-state index contributed by atoms with van der Waals surface area (Å²) in [5.41, 5.74) is 6.67. The SMILES string of the molecule is CCCC1CC1(N)Cc1cccc(Cl)c1F. The Bertz CT molecular complexity index is 394. The molecular weight excluding hydrogens is 225 g/mol. The maximum Gasteiger partial charge on any atom is 0.145 e. The van der Waals surface area contributed by atoms with Gasteiger partial charge in [0.25, 0.3) is 0 Å². The van der Waals surface area contributed by atoms with Crippen LogP contribution < -0.4 is 5.73 Å². The lowest BCUT2D eigenvalue weighted by Crippen LogP contribution is -2.28. The minimum atomic E-state index is -0.309. The van der Waals surface area contributed by atoms with E-state index in [4.69, 9.17) is 17.3 Å². The van der Waals surface area contributed by atoms with Crippen LogP contribution in [0.3, 0.4) is 0 Å². The second-order valence-electron chi connectivity index (χ2n) is 4.81. The van der Waals surface area contributed by atoms with Crippen LogP contribution in [-0.4, -0.2) is 5.54 Å². The van der Waals surface area contributed by atoms with Crippen molar-refractivity contribution >= 4 is 11.6 Å². The van der Waals surface area contributed by atoms with Crippen molar-refractivity contribution in [2.24, 2.45) is 11.7 Å². The third-order valence-corrected chi connectivity index (χ3v) is 3.76. The summed E-state index contributed by atoms with van der Waals surface area (Å²) in [5, 5.41) is 0.189. The number of halogens is 2. The first-order valence-corrected chi connectivity index (χ1v) is 6.16. The summed E-state index contributed by atoms with van der Waals surface area (Å²) in [4.78, 5) is 0. The van der Waals surface area contributed by atoms with Crippen LogP contribution in [0, 0.1) is 11.7 Å². The summed E-state index contributed by atoms with van der Waals surface area (Å²) in [6, 6.07) is 5.12. The maximum atomic E-state index is 13.7. The molecule has 2 unspecified atom stereocenters. The van der Waals surface area contributed by atoms with Gasteiger partial charge in [-0.2, -0.15) is 0 Å². The summed E-state index contributed by atoms with van der Waals surface area (Å²) in [7, 11) is 0. The summed E-state index contributed by atoms with van der Waals surface area (Å²) in [5.74, 6) is 0.243. The van der Waals surface area contributed by atoms with Crippen molar-refractivity contribution in [3.05, 3.63) is 34.6 Å². The van der Waals surface area contributed by atoms with E-state index in [1.165, 1.54) is 0 Å². The third-order valence-electron chi connectivity index (χ3n) is 3.47. The van der Waals surface area contributed by atoms with Crippen LogP contribution in [0.15, 0.2) is 18.2 Å². The van der Waals surface area contributed by atoms with Crippen LogP contribution in [0.1, 0.15) is 31.7 Å². The third kappa shape index (κ3) is 2.23. The van der Waals surface area contributed by atoms with Gasteiger partial charge in [0.15, 0.2) is 0 Å². The molecular formula is C13H17ClFN. The van der Waals surface area contributed by atoms with Crippen molar-refractivity contribution in [1.82, 2.24) is 0 Å². The molecule has 0 aromatic heterocycles. The average Bonchev–Trinajstić information content (AvgIpc) is 2.85. The molecule has 88 valence electrons. The highest BCUT2D eigenvalue weighted by Gasteiger charge is 2.49. The first kappa shape index (κ1) is 11.9. The Hall–Kier alpha value is -0.600. The lowest BCUT2D eigenvalue weighted by atomic mass is 10.0. The van der Waals surface area contributed by atoms with Gasteiger partial charge >= 0.3 is 0 Å². The lowest BCUT2D eigenvalue weighted by Gasteiger charge is -2.12. The molecule has 1 nitrogen and oxygen atoms in total. The Balaban J connectivity index is 2.08. The highest BCUT2D eigenvalue weighted by Crippen LogP contribution is 2.46. The van der Waals surface area contributed by atoms with Crippen molar-refractivity contribution in [3.8, 4) is 0 Å². The summed E-state index contributed by atoms with van der Waals surface area (Å²) >= 11 is 5.74. The van der Waals surface area contributed by atoms with Crippen molar-refractivity contribution in [2.75, 3.05) is 0 Å². The standard InChI is InChI=1S/C13H17ClFN/c1-2-4-10-8-13(10,16)7-9-5-3-6-11(14)12(9)15/h3,5-6,10H,2,4,7-8,16H2,1H3. The summed E-state index contributed by atoms with van der Waals surface area (Å²) in [6.45, 7) is 2.15. The van der Waals surface area contributed by atoms with Gasteiger partial charge in [-0.25, -0.2) is 4.39 Å². The second kappa shape index (κ2) is 4.34. The molecule has 1 aliphatic carbocycles. The number of nitrogens with two attached hydrogens (primary N) is 1. The number of hydrogen-bond acceptors (Lipinski definition) is 1. The maximum absolute atomic E-state index is 13.7. The van der Waals surface area contributed by atoms with Crippen LogP contribution >= 0.6 is 11.6 Å². The van der Waals surface area contributed by atoms with Crippen LogP contribution in [0.25, 0.3) is 0 Å². The molecule has 2 atom stereocenters. The number of hydrogen-bond donors (Lipinski definition) is 1. The molecule has 1 saturated carbocycles. The fraction of sp³-hybridized carbons (Fsp3) is 0.538. The lowest BCUT2D eigenvalue weighted by molar-refractivity contribution is 0.534. The van der Waals surface area contributed by atoms with E-state index in [0.717, 1.165) is 19.3 Å². The van der Waals surface area contributed by atoms with E-state index in [0.29, 0.717) is 17.9 Å². The molecule has 0 amide bonds. The molecule has 1 fully saturated rings. The smallest absolute Gasteiger partial charge is 0.145 e. The average molecular weight is 242 g/mol. The van der Waals surface area contributed by atoms with E-state index in [1.807, 2.05) is 0 Å². The van der Waals surface area contributed by atoms with E-state index < -0.39 is 0 Å². The van der Waals surface area contributed by atoms with Crippen molar-refractivity contribution in [3.63, 3.8) is 0 Å². The predicted octanol–water partition coefficient (Wildman–Crippen LogP) is 3.54. The van der Waals surface area contributed by atoms with Crippen LogP contribution in [-0.2, 0) is 6.42 Å². The number of rotatable bonds is 4. The Labute approximate surface area is 101 Å². The zero-order chi connectivity index (χ0) is 11.8. The molecule has 1 aliphatic rings. The van der Waals surface area contributed by atoms with Crippen LogP contribution in [0.5, 0.6) is 0 Å². The molecule has 3 heteroatoms. The first-order valence-electron chi connectivity index (χ1n) is 5.78. The normalized spacial score (nSPS) is 28.1. The zero-order valence-electron chi connectivity index (χ0n) is 9.47. The van der Waals surface area contributed by atoms with Gasteiger partial charge in [-0.05, 0) is 36.8 Å². The van der Waals surface area contributed by atoms with Crippen molar-refractivity contribution in [2.45, 2.75) is 38.1 Å². The Morgan fingerprint density at radius 2 is 2.31 bits per heavy atom. The predicted molar refractivity (Wildman–Crippen MR) is 65.0 cm³/mol. The highest BCUT2D eigenvalue weighted by atomic mass is 35.5. The Morgan fingerprint density at radius 1 is 1.56 bits per heavy atom. The molecule has 16 heavy (non-hydrogen) atoms. The van der Waals surface area contributed by atoms with Gasteiger partial charge in [-0.3, -0.25) is 0 Å². The minimum Gasteiger partial charge on any atom is -0.325 e. The van der Waals surface area contributed by atoms with Crippen molar-refractivity contribution in [1.29, 1.82) is 0 Å². The Kier molecular flexibility index (Phi) is 3.22. The van der Waals surface area contributed by atoms with Gasteiger partial charge in [-0.15, -0.1) is 0 Å². The first-order chi connectivity index (χ1) is 7.57. The molecule has 0 aliphatic heterocycles. The molecule has 0 bridgehead atoms. The van der Waals surface area contributed by atoms with Gasteiger partial charge in [0, 0.05) is 5.54 Å². The fourth-order valence-corrected chi connectivity index (χ4v) is 2.59. The molecule has 0 heterocycles. The second-order valence-corrected chi connectivity index (χ2v) is 5.22. The fourth-order valence-electron chi connectivity index (χ4n) is 2.39. The molecule has 0 spiro atoms. The monoisotopic (exact) mass is 241 g/mol. The summed E-state index contributed by atoms with van der Waals surface area (Å²) in [6.07, 6.45) is 3.89.